The number of hydrogen-bond acceptors (Lipinski definition) is 5. The van der Waals surface area contributed by atoms with Gasteiger partial charge in [0, 0.05) is 5.56 Å². The number of aryl methyl sites for hydroxylation is 1. The van der Waals surface area contributed by atoms with Crippen molar-refractivity contribution in [3.05, 3.63) is 38.6 Å². The lowest BCUT2D eigenvalue weighted by molar-refractivity contribution is 0.555. The average molecular weight is 257 g/mol. The van der Waals surface area contributed by atoms with Gasteiger partial charge in [0.1, 0.15) is 10.9 Å². The van der Waals surface area contributed by atoms with Crippen molar-refractivity contribution >= 4 is 22.4 Å². The number of fused-ring (bicyclic) bond motifs is 1. The number of H-pyrrole nitrogens is 1. The number of nitriles is 1. The molecule has 0 radical (unpaired) electrons. The number of hydrogen-bond donors (Lipinski definition) is 1. The summed E-state index contributed by atoms with van der Waals surface area (Å²) in [6, 6.07) is 7.39. The molecule has 1 aromatic carbocycles. The smallest absolute Gasteiger partial charge is 0.408 e. The summed E-state index contributed by atoms with van der Waals surface area (Å²) in [5.41, 5.74) is 2.50. The monoisotopic (exact) mass is 257 g/mol. The summed E-state index contributed by atoms with van der Waals surface area (Å²) in [6.07, 6.45) is 0. The van der Waals surface area contributed by atoms with Gasteiger partial charge in [-0.25, -0.2) is 9.78 Å². The van der Waals surface area contributed by atoms with E-state index in [-0.39, 0.29) is 0 Å². The second kappa shape index (κ2) is 3.82. The maximum atomic E-state index is 11.1. The van der Waals surface area contributed by atoms with Crippen LogP contribution in [0.5, 0.6) is 0 Å². The van der Waals surface area contributed by atoms with Crippen LogP contribution in [0.15, 0.2) is 27.4 Å². The molecule has 0 aliphatic rings. The van der Waals surface area contributed by atoms with Gasteiger partial charge in [-0.05, 0) is 19.1 Å². The van der Waals surface area contributed by atoms with E-state index in [1.54, 1.807) is 12.1 Å². The van der Waals surface area contributed by atoms with Gasteiger partial charge in [-0.1, -0.05) is 6.07 Å². The predicted octanol–water partition coefficient (Wildman–Crippen LogP) is 2.42. The highest BCUT2D eigenvalue weighted by Gasteiger charge is 2.12. The van der Waals surface area contributed by atoms with Crippen LogP contribution < -0.4 is 5.76 Å². The van der Waals surface area contributed by atoms with Crippen LogP contribution in [0.4, 0.5) is 0 Å². The maximum absolute atomic E-state index is 11.1. The van der Waals surface area contributed by atoms with Gasteiger partial charge >= 0.3 is 5.76 Å². The van der Waals surface area contributed by atoms with Crippen LogP contribution in [0.2, 0.25) is 0 Å². The third kappa shape index (κ3) is 1.61. The second-order valence-corrected chi connectivity index (χ2v) is 4.95. The number of thiazole rings is 1. The van der Waals surface area contributed by atoms with Crippen molar-refractivity contribution in [3.63, 3.8) is 0 Å². The van der Waals surface area contributed by atoms with Gasteiger partial charge in [0.15, 0.2) is 5.58 Å². The highest BCUT2D eigenvalue weighted by Crippen LogP contribution is 2.28. The molecule has 0 saturated heterocycles. The van der Waals surface area contributed by atoms with Crippen molar-refractivity contribution in [2.45, 2.75) is 6.92 Å². The van der Waals surface area contributed by atoms with Crippen molar-refractivity contribution in [2.75, 3.05) is 0 Å². The fourth-order valence-corrected chi connectivity index (χ4v) is 2.53. The van der Waals surface area contributed by atoms with E-state index >= 15 is 0 Å². The molecule has 0 bridgehead atoms. The Morgan fingerprint density at radius 3 is 3.11 bits per heavy atom. The zero-order valence-electron chi connectivity index (χ0n) is 9.35. The first-order valence-electron chi connectivity index (χ1n) is 5.18. The molecule has 2 aromatic heterocycles. The van der Waals surface area contributed by atoms with Crippen molar-refractivity contribution in [2.24, 2.45) is 0 Å². The standard InChI is InChI=1S/C12H7N3O2S/c1-6-14-11(10(5-13)18-6)7-2-3-8-9(4-7)17-12(16)15-8/h2-4H,1H3,(H,15,16). The van der Waals surface area contributed by atoms with Gasteiger partial charge in [0.05, 0.1) is 16.2 Å². The quantitative estimate of drug-likeness (QED) is 0.725. The SMILES string of the molecule is Cc1nc(-c2ccc3[nH]c(=O)oc3c2)c(C#N)s1. The molecule has 0 aliphatic carbocycles. The van der Waals surface area contributed by atoms with Gasteiger partial charge < -0.3 is 4.42 Å². The Morgan fingerprint density at radius 2 is 2.33 bits per heavy atom. The molecule has 0 saturated carbocycles. The zero-order valence-corrected chi connectivity index (χ0v) is 10.2. The van der Waals surface area contributed by atoms with Crippen molar-refractivity contribution < 1.29 is 4.42 Å². The lowest BCUT2D eigenvalue weighted by Crippen LogP contribution is -1.92. The molecule has 0 atom stereocenters. The minimum absolute atomic E-state index is 0.465. The molecule has 0 fully saturated rings. The average Bonchev–Trinajstić information content (AvgIpc) is 2.89. The Kier molecular flexibility index (Phi) is 2.28. The first kappa shape index (κ1) is 10.7. The van der Waals surface area contributed by atoms with Gasteiger partial charge in [0.25, 0.3) is 0 Å². The molecule has 0 amide bonds. The van der Waals surface area contributed by atoms with E-state index in [1.165, 1.54) is 11.3 Å². The molecule has 0 spiro atoms. The molecule has 3 aromatic rings. The summed E-state index contributed by atoms with van der Waals surface area (Å²) in [7, 11) is 0. The van der Waals surface area contributed by atoms with Gasteiger partial charge in [0.2, 0.25) is 0 Å². The summed E-state index contributed by atoms with van der Waals surface area (Å²) in [6.45, 7) is 1.85. The predicted molar refractivity (Wildman–Crippen MR) is 67.4 cm³/mol. The summed E-state index contributed by atoms with van der Waals surface area (Å²) >= 11 is 1.35. The fourth-order valence-electron chi connectivity index (χ4n) is 1.79. The van der Waals surface area contributed by atoms with Crippen LogP contribution in [0, 0.1) is 18.3 Å². The minimum atomic E-state index is -0.489. The Morgan fingerprint density at radius 1 is 1.50 bits per heavy atom. The number of benzene rings is 1. The molecule has 0 unspecified atom stereocenters. The van der Waals surface area contributed by atoms with Crippen LogP contribution in [0.1, 0.15) is 9.88 Å². The summed E-state index contributed by atoms with van der Waals surface area (Å²) < 4.78 is 4.99. The highest BCUT2D eigenvalue weighted by atomic mass is 32.1. The van der Waals surface area contributed by atoms with Crippen LogP contribution in [-0.4, -0.2) is 9.97 Å². The third-order valence-corrected chi connectivity index (χ3v) is 3.41. The molecule has 0 aliphatic heterocycles. The zero-order chi connectivity index (χ0) is 12.7. The van der Waals surface area contributed by atoms with Gasteiger partial charge in [-0.15, -0.1) is 11.3 Å². The van der Waals surface area contributed by atoms with Gasteiger partial charge in [-0.2, -0.15) is 5.26 Å². The van der Waals surface area contributed by atoms with Crippen molar-refractivity contribution in [1.29, 1.82) is 5.26 Å². The number of nitrogens with zero attached hydrogens (tertiary/aromatic N) is 2. The molecule has 88 valence electrons. The number of aromatic amines is 1. The molecule has 6 heteroatoms. The van der Waals surface area contributed by atoms with Crippen LogP contribution in [0.25, 0.3) is 22.4 Å². The largest absolute Gasteiger partial charge is 0.417 e. The highest BCUT2D eigenvalue weighted by molar-refractivity contribution is 7.12. The summed E-state index contributed by atoms with van der Waals surface area (Å²) in [5.74, 6) is -0.489. The first-order chi connectivity index (χ1) is 8.67. The van der Waals surface area contributed by atoms with Crippen molar-refractivity contribution in [1.82, 2.24) is 9.97 Å². The maximum Gasteiger partial charge on any atom is 0.417 e. The minimum Gasteiger partial charge on any atom is -0.408 e. The molecule has 1 N–H and O–H groups in total. The number of oxazole rings is 1. The molecule has 18 heavy (non-hydrogen) atoms. The van der Waals surface area contributed by atoms with E-state index in [9.17, 15) is 4.79 Å². The van der Waals surface area contributed by atoms with E-state index in [0.717, 1.165) is 10.6 Å². The van der Waals surface area contributed by atoms with E-state index in [1.807, 2.05) is 13.0 Å². The Bertz CT molecular complexity index is 835. The first-order valence-corrected chi connectivity index (χ1v) is 6.00. The second-order valence-electron chi connectivity index (χ2n) is 3.75. The molecule has 5 nitrogen and oxygen atoms in total. The molecular weight excluding hydrogens is 250 g/mol. The normalized spacial score (nSPS) is 10.7. The lowest BCUT2D eigenvalue weighted by atomic mass is 10.1. The van der Waals surface area contributed by atoms with E-state index < -0.39 is 5.76 Å². The van der Waals surface area contributed by atoms with E-state index in [0.29, 0.717) is 21.7 Å². The van der Waals surface area contributed by atoms with Crippen LogP contribution in [-0.2, 0) is 0 Å². The molecular formula is C12H7N3O2S. The van der Waals surface area contributed by atoms with Crippen molar-refractivity contribution in [3.8, 4) is 17.3 Å². The lowest BCUT2D eigenvalue weighted by Gasteiger charge is -1.96. The summed E-state index contributed by atoms with van der Waals surface area (Å²) in [4.78, 5) is 18.5. The van der Waals surface area contributed by atoms with E-state index in [2.05, 4.69) is 16.0 Å². The third-order valence-electron chi connectivity index (χ3n) is 2.53. The fraction of sp³-hybridized carbons (Fsp3) is 0.0833. The molecule has 3 rings (SSSR count). The number of aromatic nitrogens is 2. The number of nitrogens with one attached hydrogen (secondary N) is 1. The summed E-state index contributed by atoms with van der Waals surface area (Å²) in [5, 5.41) is 9.88. The number of rotatable bonds is 1. The Labute approximate surface area is 105 Å². The van der Waals surface area contributed by atoms with Crippen LogP contribution >= 0.6 is 11.3 Å². The van der Waals surface area contributed by atoms with E-state index in [4.69, 9.17) is 9.68 Å². The Hall–Kier alpha value is -2.39. The topological polar surface area (TPSA) is 82.7 Å². The Balaban J connectivity index is 2.25. The van der Waals surface area contributed by atoms with Crippen LogP contribution in [0.3, 0.4) is 0 Å². The van der Waals surface area contributed by atoms with Gasteiger partial charge in [-0.3, -0.25) is 4.98 Å². The molecule has 2 heterocycles.